The van der Waals surface area contributed by atoms with Crippen molar-refractivity contribution in [2.75, 3.05) is 0 Å². The van der Waals surface area contributed by atoms with Crippen molar-refractivity contribution in [1.29, 1.82) is 0 Å². The highest BCUT2D eigenvalue weighted by atomic mass is 14.9. The summed E-state index contributed by atoms with van der Waals surface area (Å²) in [6.07, 6.45) is 0. The Hall–Kier alpha value is -3.00. The monoisotopic (exact) mass is 310 g/mol. The summed E-state index contributed by atoms with van der Waals surface area (Å²) in [6.45, 7) is 4.15. The first-order valence-electron chi connectivity index (χ1n) is 8.11. The van der Waals surface area contributed by atoms with Gasteiger partial charge in [0.05, 0.1) is 5.52 Å². The maximum absolute atomic E-state index is 4.75. The fourth-order valence-corrected chi connectivity index (χ4v) is 3.03. The minimum atomic E-state index is 0.778. The third-order valence-electron chi connectivity index (χ3n) is 4.27. The predicted octanol–water partition coefficient (Wildman–Crippen LogP) is 5.58. The molecule has 0 aliphatic heterocycles. The molecule has 0 aliphatic carbocycles. The van der Waals surface area contributed by atoms with Gasteiger partial charge >= 0.3 is 0 Å². The summed E-state index contributed by atoms with van der Waals surface area (Å²) in [4.78, 5) is 9.46. The van der Waals surface area contributed by atoms with E-state index >= 15 is 0 Å². The molecule has 2 nitrogen and oxygen atoms in total. The second-order valence-electron chi connectivity index (χ2n) is 6.10. The van der Waals surface area contributed by atoms with Crippen LogP contribution in [0.15, 0.2) is 72.8 Å². The van der Waals surface area contributed by atoms with Crippen LogP contribution in [0.25, 0.3) is 33.4 Å². The molecule has 0 aliphatic rings. The van der Waals surface area contributed by atoms with Gasteiger partial charge in [-0.3, -0.25) is 0 Å². The number of fused-ring (bicyclic) bond motifs is 1. The van der Waals surface area contributed by atoms with Crippen LogP contribution < -0.4 is 0 Å². The number of hydrogen-bond donors (Lipinski definition) is 0. The van der Waals surface area contributed by atoms with Gasteiger partial charge in [0.15, 0.2) is 5.82 Å². The molecule has 0 N–H and O–H groups in total. The lowest BCUT2D eigenvalue weighted by Crippen LogP contribution is -1.94. The lowest BCUT2D eigenvalue weighted by molar-refractivity contribution is 1.16. The van der Waals surface area contributed by atoms with Crippen molar-refractivity contribution in [3.8, 4) is 22.5 Å². The van der Waals surface area contributed by atoms with E-state index in [-0.39, 0.29) is 0 Å². The lowest BCUT2D eigenvalue weighted by Gasteiger charge is -2.08. The highest BCUT2D eigenvalue weighted by molar-refractivity contribution is 5.83. The summed E-state index contributed by atoms with van der Waals surface area (Å²) in [5.74, 6) is 0.778. The maximum Gasteiger partial charge on any atom is 0.160 e. The van der Waals surface area contributed by atoms with Gasteiger partial charge in [0.25, 0.3) is 0 Å². The third kappa shape index (κ3) is 2.67. The molecule has 0 atom stereocenters. The zero-order chi connectivity index (χ0) is 16.5. The minimum absolute atomic E-state index is 0.778. The Morgan fingerprint density at radius 2 is 1.33 bits per heavy atom. The van der Waals surface area contributed by atoms with E-state index in [2.05, 4.69) is 61.5 Å². The second kappa shape index (κ2) is 5.89. The standard InChI is InChI=1S/C22H18N2/c1-15-7-5-8-17(13-15)18-9-6-10-19(14-18)22-23-16(2)20-11-3-4-12-21(20)24-22/h3-14H,1-2H3. The Morgan fingerprint density at radius 1 is 0.625 bits per heavy atom. The first-order valence-corrected chi connectivity index (χ1v) is 8.11. The van der Waals surface area contributed by atoms with Gasteiger partial charge < -0.3 is 0 Å². The number of aryl methyl sites for hydroxylation is 2. The minimum Gasteiger partial charge on any atom is -0.233 e. The fraction of sp³-hybridized carbons (Fsp3) is 0.0909. The molecule has 3 aromatic carbocycles. The highest BCUT2D eigenvalue weighted by Crippen LogP contribution is 2.26. The molecular formula is C22H18N2. The van der Waals surface area contributed by atoms with Crippen molar-refractivity contribution in [2.24, 2.45) is 0 Å². The molecule has 0 radical (unpaired) electrons. The van der Waals surface area contributed by atoms with Gasteiger partial charge in [-0.1, -0.05) is 66.2 Å². The Bertz CT molecular complexity index is 1030. The molecule has 0 bridgehead atoms. The van der Waals surface area contributed by atoms with Crippen LogP contribution in [0.4, 0.5) is 0 Å². The van der Waals surface area contributed by atoms with Crippen molar-refractivity contribution in [2.45, 2.75) is 13.8 Å². The molecule has 24 heavy (non-hydrogen) atoms. The van der Waals surface area contributed by atoms with Gasteiger partial charge in [0, 0.05) is 16.6 Å². The van der Waals surface area contributed by atoms with Gasteiger partial charge in [-0.2, -0.15) is 0 Å². The van der Waals surface area contributed by atoms with Crippen LogP contribution in [-0.2, 0) is 0 Å². The Labute approximate surface area is 141 Å². The zero-order valence-electron chi connectivity index (χ0n) is 13.8. The summed E-state index contributed by atoms with van der Waals surface area (Å²) in [5, 5.41) is 1.11. The van der Waals surface area contributed by atoms with Crippen LogP contribution in [-0.4, -0.2) is 9.97 Å². The van der Waals surface area contributed by atoms with E-state index in [4.69, 9.17) is 9.97 Å². The molecule has 2 heteroatoms. The summed E-state index contributed by atoms with van der Waals surface area (Å²) >= 11 is 0. The summed E-state index contributed by atoms with van der Waals surface area (Å²) < 4.78 is 0. The molecule has 4 rings (SSSR count). The van der Waals surface area contributed by atoms with Crippen molar-refractivity contribution in [1.82, 2.24) is 9.97 Å². The van der Waals surface area contributed by atoms with E-state index < -0.39 is 0 Å². The summed E-state index contributed by atoms with van der Waals surface area (Å²) in [7, 11) is 0. The average molecular weight is 310 g/mol. The van der Waals surface area contributed by atoms with Gasteiger partial charge in [-0.25, -0.2) is 9.97 Å². The van der Waals surface area contributed by atoms with E-state index in [1.165, 1.54) is 16.7 Å². The number of nitrogens with zero attached hydrogens (tertiary/aromatic N) is 2. The van der Waals surface area contributed by atoms with Crippen LogP contribution in [0.2, 0.25) is 0 Å². The fourth-order valence-electron chi connectivity index (χ4n) is 3.03. The van der Waals surface area contributed by atoms with E-state index in [9.17, 15) is 0 Å². The van der Waals surface area contributed by atoms with Gasteiger partial charge in [0.2, 0.25) is 0 Å². The smallest absolute Gasteiger partial charge is 0.160 e. The quantitative estimate of drug-likeness (QED) is 0.483. The summed E-state index contributed by atoms with van der Waals surface area (Å²) in [6, 6.07) is 25.1. The van der Waals surface area contributed by atoms with E-state index in [1.54, 1.807) is 0 Å². The first kappa shape index (κ1) is 14.6. The topological polar surface area (TPSA) is 25.8 Å². The van der Waals surface area contributed by atoms with Gasteiger partial charge in [-0.15, -0.1) is 0 Å². The van der Waals surface area contributed by atoms with Gasteiger partial charge in [0.1, 0.15) is 0 Å². The third-order valence-corrected chi connectivity index (χ3v) is 4.27. The number of hydrogen-bond acceptors (Lipinski definition) is 2. The van der Waals surface area contributed by atoms with Crippen LogP contribution in [0.1, 0.15) is 11.3 Å². The largest absolute Gasteiger partial charge is 0.233 e. The molecule has 0 unspecified atom stereocenters. The van der Waals surface area contributed by atoms with E-state index in [1.807, 2.05) is 25.1 Å². The number of rotatable bonds is 2. The van der Waals surface area contributed by atoms with Crippen LogP contribution in [0.3, 0.4) is 0 Å². The maximum atomic E-state index is 4.75. The Morgan fingerprint density at radius 3 is 2.17 bits per heavy atom. The van der Waals surface area contributed by atoms with Crippen LogP contribution >= 0.6 is 0 Å². The SMILES string of the molecule is Cc1cccc(-c2cccc(-c3nc(C)c4ccccc4n3)c2)c1. The molecule has 4 aromatic rings. The highest BCUT2D eigenvalue weighted by Gasteiger charge is 2.08. The average Bonchev–Trinajstić information content (AvgIpc) is 2.62. The van der Waals surface area contributed by atoms with E-state index in [0.29, 0.717) is 0 Å². The number of aromatic nitrogens is 2. The predicted molar refractivity (Wildman–Crippen MR) is 99.9 cm³/mol. The molecule has 0 spiro atoms. The van der Waals surface area contributed by atoms with Crippen molar-refractivity contribution < 1.29 is 0 Å². The first-order chi connectivity index (χ1) is 11.7. The number of para-hydroxylation sites is 1. The molecule has 1 heterocycles. The summed E-state index contributed by atoms with van der Waals surface area (Å²) in [5.41, 5.74) is 6.70. The van der Waals surface area contributed by atoms with Crippen LogP contribution in [0.5, 0.6) is 0 Å². The van der Waals surface area contributed by atoms with Crippen LogP contribution in [0, 0.1) is 13.8 Å². The van der Waals surface area contributed by atoms with Crippen molar-refractivity contribution >= 4 is 10.9 Å². The molecule has 0 saturated heterocycles. The van der Waals surface area contributed by atoms with Crippen molar-refractivity contribution in [3.63, 3.8) is 0 Å². The second-order valence-corrected chi connectivity index (χ2v) is 6.10. The molecule has 0 amide bonds. The molecular weight excluding hydrogens is 292 g/mol. The van der Waals surface area contributed by atoms with Crippen molar-refractivity contribution in [3.05, 3.63) is 84.1 Å². The molecule has 1 aromatic heterocycles. The normalized spacial score (nSPS) is 10.9. The van der Waals surface area contributed by atoms with E-state index in [0.717, 1.165) is 28.0 Å². The Balaban J connectivity index is 1.84. The zero-order valence-corrected chi connectivity index (χ0v) is 13.8. The Kier molecular flexibility index (Phi) is 3.58. The molecule has 116 valence electrons. The van der Waals surface area contributed by atoms with Gasteiger partial charge in [-0.05, 0) is 37.1 Å². The lowest BCUT2D eigenvalue weighted by atomic mass is 10.0. The number of benzene rings is 3. The molecule has 0 fully saturated rings. The molecule has 0 saturated carbocycles.